The first-order valence-electron chi connectivity index (χ1n) is 8.05. The van der Waals surface area contributed by atoms with E-state index >= 15 is 0 Å². The van der Waals surface area contributed by atoms with Gasteiger partial charge in [-0.3, -0.25) is 0 Å². The molecule has 0 aliphatic rings. The van der Waals surface area contributed by atoms with Gasteiger partial charge in [0.1, 0.15) is 5.82 Å². The predicted octanol–water partition coefficient (Wildman–Crippen LogP) is 5.53. The Kier molecular flexibility index (Phi) is 5.51. The van der Waals surface area contributed by atoms with Crippen molar-refractivity contribution in [1.29, 1.82) is 0 Å². The molecule has 3 rings (SSSR count). The molecule has 8 heteroatoms. The first-order chi connectivity index (χ1) is 12.8. The zero-order valence-corrected chi connectivity index (χ0v) is 15.1. The van der Waals surface area contributed by atoms with E-state index in [0.717, 1.165) is 11.6 Å². The lowest BCUT2D eigenvalue weighted by Crippen LogP contribution is -2.18. The van der Waals surface area contributed by atoms with E-state index < -0.39 is 11.7 Å². The van der Waals surface area contributed by atoms with Gasteiger partial charge < -0.3 is 10.2 Å². The van der Waals surface area contributed by atoms with Gasteiger partial charge >= 0.3 is 6.18 Å². The Balaban J connectivity index is 1.83. The van der Waals surface area contributed by atoms with E-state index in [9.17, 15) is 13.2 Å². The Bertz CT molecular complexity index is 916. The molecule has 0 amide bonds. The zero-order valence-electron chi connectivity index (χ0n) is 14.3. The Hall–Kier alpha value is -2.80. The summed E-state index contributed by atoms with van der Waals surface area (Å²) in [6, 6.07) is 15.0. The minimum absolute atomic E-state index is 0.00476. The number of nitrogens with one attached hydrogen (secondary N) is 1. The van der Waals surface area contributed by atoms with E-state index in [1.165, 1.54) is 18.3 Å². The second kappa shape index (κ2) is 7.84. The second-order valence-electron chi connectivity index (χ2n) is 5.89. The fraction of sp³-hybridized carbons (Fsp3) is 0.158. The number of alkyl halides is 3. The molecular weight excluding hydrogens is 377 g/mol. The van der Waals surface area contributed by atoms with Crippen LogP contribution >= 0.6 is 11.6 Å². The fourth-order valence-electron chi connectivity index (χ4n) is 2.54. The van der Waals surface area contributed by atoms with Gasteiger partial charge in [-0.2, -0.15) is 18.2 Å². The highest BCUT2D eigenvalue weighted by Crippen LogP contribution is 2.37. The van der Waals surface area contributed by atoms with E-state index in [0.29, 0.717) is 12.4 Å². The molecule has 4 nitrogen and oxygen atoms in total. The number of hydrogen-bond donors (Lipinski definition) is 1. The lowest BCUT2D eigenvalue weighted by molar-refractivity contribution is -0.136. The zero-order chi connectivity index (χ0) is 19.4. The summed E-state index contributed by atoms with van der Waals surface area (Å²) < 4.78 is 39.7. The van der Waals surface area contributed by atoms with Crippen molar-refractivity contribution in [2.75, 3.05) is 17.3 Å². The molecule has 0 fully saturated rings. The van der Waals surface area contributed by atoms with Gasteiger partial charge in [-0.15, -0.1) is 0 Å². The third kappa shape index (κ3) is 4.89. The SMILES string of the molecule is CN(Cc1ccccc1)c1ccnc(Nc2ccc(Cl)cc2C(F)(F)F)n1. The van der Waals surface area contributed by atoms with Gasteiger partial charge in [-0.1, -0.05) is 41.9 Å². The van der Waals surface area contributed by atoms with Gasteiger partial charge in [-0.25, -0.2) is 4.98 Å². The van der Waals surface area contributed by atoms with Crippen LogP contribution in [0.1, 0.15) is 11.1 Å². The van der Waals surface area contributed by atoms with Crippen molar-refractivity contribution in [1.82, 2.24) is 9.97 Å². The molecule has 2 aromatic carbocycles. The van der Waals surface area contributed by atoms with Crippen molar-refractivity contribution in [3.8, 4) is 0 Å². The highest BCUT2D eigenvalue weighted by atomic mass is 35.5. The molecule has 0 saturated heterocycles. The number of nitrogens with zero attached hydrogens (tertiary/aromatic N) is 3. The van der Waals surface area contributed by atoms with E-state index in [1.54, 1.807) is 6.07 Å². The number of halogens is 4. The highest BCUT2D eigenvalue weighted by Gasteiger charge is 2.34. The largest absolute Gasteiger partial charge is 0.418 e. The minimum atomic E-state index is -4.55. The van der Waals surface area contributed by atoms with Crippen LogP contribution in [-0.4, -0.2) is 17.0 Å². The normalized spacial score (nSPS) is 11.3. The highest BCUT2D eigenvalue weighted by molar-refractivity contribution is 6.30. The summed E-state index contributed by atoms with van der Waals surface area (Å²) in [6.07, 6.45) is -3.05. The number of anilines is 3. The molecule has 0 unspecified atom stereocenters. The van der Waals surface area contributed by atoms with Crippen LogP contribution in [0, 0.1) is 0 Å². The van der Waals surface area contributed by atoms with Crippen LogP contribution in [0.2, 0.25) is 5.02 Å². The molecule has 0 atom stereocenters. The molecule has 1 heterocycles. The average molecular weight is 393 g/mol. The lowest BCUT2D eigenvalue weighted by atomic mass is 10.1. The van der Waals surface area contributed by atoms with Gasteiger partial charge in [0.05, 0.1) is 11.3 Å². The van der Waals surface area contributed by atoms with E-state index in [2.05, 4.69) is 15.3 Å². The monoisotopic (exact) mass is 392 g/mol. The summed E-state index contributed by atoms with van der Waals surface area (Å²) in [5.74, 6) is 0.652. The molecule has 0 bridgehead atoms. The maximum Gasteiger partial charge on any atom is 0.418 e. The van der Waals surface area contributed by atoms with Crippen LogP contribution in [0.3, 0.4) is 0 Å². The van der Waals surface area contributed by atoms with Gasteiger partial charge in [0.2, 0.25) is 5.95 Å². The topological polar surface area (TPSA) is 41.1 Å². The molecule has 27 heavy (non-hydrogen) atoms. The van der Waals surface area contributed by atoms with Crippen LogP contribution in [-0.2, 0) is 12.7 Å². The number of aromatic nitrogens is 2. The molecule has 3 aromatic rings. The van der Waals surface area contributed by atoms with E-state index in [4.69, 9.17) is 11.6 Å². The third-order valence-electron chi connectivity index (χ3n) is 3.83. The first kappa shape index (κ1) is 19.0. The first-order valence-corrected chi connectivity index (χ1v) is 8.42. The molecule has 1 aromatic heterocycles. The van der Waals surface area contributed by atoms with Crippen molar-refractivity contribution in [2.45, 2.75) is 12.7 Å². The third-order valence-corrected chi connectivity index (χ3v) is 4.06. The molecule has 0 saturated carbocycles. The quantitative estimate of drug-likeness (QED) is 0.620. The van der Waals surface area contributed by atoms with Gasteiger partial charge in [0, 0.05) is 24.8 Å². The smallest absolute Gasteiger partial charge is 0.355 e. The minimum Gasteiger partial charge on any atom is -0.355 e. The molecular formula is C19H16ClF3N4. The van der Waals surface area contributed by atoms with Crippen LogP contribution < -0.4 is 10.2 Å². The lowest BCUT2D eigenvalue weighted by Gasteiger charge is -2.19. The Morgan fingerprint density at radius 1 is 1.07 bits per heavy atom. The Morgan fingerprint density at radius 3 is 2.52 bits per heavy atom. The fourth-order valence-corrected chi connectivity index (χ4v) is 2.71. The van der Waals surface area contributed by atoms with Gasteiger partial charge in [-0.05, 0) is 29.8 Å². The maximum atomic E-state index is 13.2. The maximum absolute atomic E-state index is 13.2. The summed E-state index contributed by atoms with van der Waals surface area (Å²) in [6.45, 7) is 0.603. The molecule has 0 radical (unpaired) electrons. The number of rotatable bonds is 5. The Labute approximate surface area is 159 Å². The Morgan fingerprint density at radius 2 is 1.81 bits per heavy atom. The summed E-state index contributed by atoms with van der Waals surface area (Å²) in [5.41, 5.74) is 0.0570. The van der Waals surface area contributed by atoms with E-state index in [-0.39, 0.29) is 16.7 Å². The van der Waals surface area contributed by atoms with Crippen LogP contribution in [0.15, 0.2) is 60.8 Å². The van der Waals surface area contributed by atoms with Crippen LogP contribution in [0.5, 0.6) is 0 Å². The second-order valence-corrected chi connectivity index (χ2v) is 6.33. The molecule has 0 spiro atoms. The predicted molar refractivity (Wildman–Crippen MR) is 100 cm³/mol. The van der Waals surface area contributed by atoms with Gasteiger partial charge in [0.25, 0.3) is 0 Å². The van der Waals surface area contributed by atoms with Crippen molar-refractivity contribution >= 4 is 29.1 Å². The molecule has 140 valence electrons. The molecule has 0 aliphatic heterocycles. The summed E-state index contributed by atoms with van der Waals surface area (Å²) in [4.78, 5) is 10.2. The van der Waals surface area contributed by atoms with E-state index in [1.807, 2.05) is 42.3 Å². The summed E-state index contributed by atoms with van der Waals surface area (Å²) in [7, 11) is 1.85. The van der Waals surface area contributed by atoms with Crippen molar-refractivity contribution in [3.05, 3.63) is 76.9 Å². The standard InChI is InChI=1S/C19H16ClF3N4/c1-27(12-13-5-3-2-4-6-13)17-9-10-24-18(26-17)25-16-8-7-14(20)11-15(16)19(21,22)23/h2-11H,12H2,1H3,(H,24,25,26). The molecule has 1 N–H and O–H groups in total. The number of hydrogen-bond acceptors (Lipinski definition) is 4. The van der Waals surface area contributed by atoms with Crippen molar-refractivity contribution in [3.63, 3.8) is 0 Å². The van der Waals surface area contributed by atoms with Crippen LogP contribution in [0.25, 0.3) is 0 Å². The summed E-state index contributed by atoms with van der Waals surface area (Å²) >= 11 is 5.70. The van der Waals surface area contributed by atoms with Crippen molar-refractivity contribution in [2.24, 2.45) is 0 Å². The van der Waals surface area contributed by atoms with Crippen molar-refractivity contribution < 1.29 is 13.2 Å². The summed E-state index contributed by atoms with van der Waals surface area (Å²) in [5, 5.41) is 2.64. The number of benzene rings is 2. The van der Waals surface area contributed by atoms with Gasteiger partial charge in [0.15, 0.2) is 0 Å². The average Bonchev–Trinajstić information content (AvgIpc) is 2.63. The van der Waals surface area contributed by atoms with Crippen LogP contribution in [0.4, 0.5) is 30.6 Å². The molecule has 0 aliphatic carbocycles.